The fourth-order valence-electron chi connectivity index (χ4n) is 4.25. The number of hydrogen-bond donors (Lipinski definition) is 0. The third kappa shape index (κ3) is 5.41. The molecule has 1 heterocycles. The van der Waals surface area contributed by atoms with Crippen molar-refractivity contribution in [2.24, 2.45) is 4.99 Å². The van der Waals surface area contributed by atoms with Gasteiger partial charge in [-0.15, -0.1) is 5.10 Å². The lowest BCUT2D eigenvalue weighted by atomic mass is 9.96. The van der Waals surface area contributed by atoms with Crippen LogP contribution in [0.25, 0.3) is 11.3 Å². The van der Waals surface area contributed by atoms with Crippen LogP contribution in [0.15, 0.2) is 51.4 Å². The number of rotatable bonds is 9. The lowest BCUT2D eigenvalue weighted by Crippen LogP contribution is -2.29. The van der Waals surface area contributed by atoms with Gasteiger partial charge in [-0.1, -0.05) is 50.3 Å². The van der Waals surface area contributed by atoms with Gasteiger partial charge in [0.25, 0.3) is 0 Å². The van der Waals surface area contributed by atoms with E-state index in [2.05, 4.69) is 25.6 Å². The van der Waals surface area contributed by atoms with Gasteiger partial charge in [-0.2, -0.15) is 0 Å². The Bertz CT molecular complexity index is 1030. The Balaban J connectivity index is 2.06. The minimum absolute atomic E-state index is 0.104. The molecule has 0 radical (unpaired) electrons. The zero-order chi connectivity index (χ0) is 23.1. The maximum absolute atomic E-state index is 13.5. The number of benzene rings is 1. The second-order valence-electron chi connectivity index (χ2n) is 8.25. The van der Waals surface area contributed by atoms with Crippen LogP contribution in [-0.4, -0.2) is 27.2 Å². The van der Waals surface area contributed by atoms with E-state index in [-0.39, 0.29) is 17.8 Å². The highest BCUT2D eigenvalue weighted by Crippen LogP contribution is 2.30. The first kappa shape index (κ1) is 24.1. The van der Waals surface area contributed by atoms with Gasteiger partial charge in [-0.05, 0) is 64.1 Å². The van der Waals surface area contributed by atoms with Crippen molar-refractivity contribution in [3.8, 4) is 11.4 Å². The van der Waals surface area contributed by atoms with Crippen molar-refractivity contribution in [1.82, 2.24) is 14.3 Å². The lowest BCUT2D eigenvalue weighted by Gasteiger charge is -2.20. The number of ether oxygens (including phenoxy) is 1. The van der Waals surface area contributed by atoms with E-state index in [4.69, 9.17) is 21.4 Å². The summed E-state index contributed by atoms with van der Waals surface area (Å²) in [6.45, 7) is 9.56. The average Bonchev–Trinajstić information content (AvgIpc) is 3.12. The second-order valence-corrected chi connectivity index (χ2v) is 8.66. The maximum atomic E-state index is 13.5. The Morgan fingerprint density at radius 2 is 2.00 bits per heavy atom. The molecule has 7 heteroatoms. The van der Waals surface area contributed by atoms with Crippen LogP contribution in [0.2, 0.25) is 0 Å². The SMILES string of the molecule is C=N/C=C(Cl)\C(=C/C)c1nn(C2CCCCC2)c(=O)n1-c1ccc(OC(C)CCC)cc1. The van der Waals surface area contributed by atoms with E-state index in [1.165, 1.54) is 12.6 Å². The highest BCUT2D eigenvalue weighted by molar-refractivity contribution is 6.36. The molecule has 0 N–H and O–H groups in total. The summed E-state index contributed by atoms with van der Waals surface area (Å²) >= 11 is 6.48. The Hall–Kier alpha value is -2.60. The third-order valence-corrected chi connectivity index (χ3v) is 6.14. The first-order valence-corrected chi connectivity index (χ1v) is 11.8. The van der Waals surface area contributed by atoms with Crippen molar-refractivity contribution in [2.45, 2.75) is 77.9 Å². The molecule has 2 aromatic rings. The smallest absolute Gasteiger partial charge is 0.351 e. The number of aromatic nitrogens is 3. The maximum Gasteiger partial charge on any atom is 0.351 e. The molecule has 3 rings (SSSR count). The van der Waals surface area contributed by atoms with E-state index in [9.17, 15) is 4.79 Å². The number of halogens is 1. The minimum Gasteiger partial charge on any atom is -0.491 e. The van der Waals surface area contributed by atoms with Gasteiger partial charge in [0.05, 0.1) is 22.9 Å². The summed E-state index contributed by atoms with van der Waals surface area (Å²) < 4.78 is 9.24. The number of hydrogen-bond acceptors (Lipinski definition) is 4. The summed E-state index contributed by atoms with van der Waals surface area (Å²) in [5, 5.41) is 5.15. The van der Waals surface area contributed by atoms with E-state index < -0.39 is 0 Å². The standard InChI is InChI=1S/C25H33ClN4O2/c1-5-10-18(3)32-21-15-13-19(14-16-21)29-24(22(6-2)23(26)17-27-4)28-30(25(29)31)20-11-8-7-9-12-20/h6,13-18,20H,4-5,7-12H2,1-3H3/b22-6+,23-17+. The highest BCUT2D eigenvalue weighted by atomic mass is 35.5. The molecule has 0 amide bonds. The number of aliphatic imine (C=N–C) groups is 1. The van der Waals surface area contributed by atoms with Crippen LogP contribution in [0.1, 0.15) is 77.6 Å². The molecular weight excluding hydrogens is 424 g/mol. The monoisotopic (exact) mass is 456 g/mol. The molecule has 1 aromatic heterocycles. The molecule has 1 aliphatic rings. The normalized spacial score (nSPS) is 16.8. The second kappa shape index (κ2) is 11.3. The van der Waals surface area contributed by atoms with Crippen molar-refractivity contribution < 1.29 is 4.74 Å². The average molecular weight is 457 g/mol. The van der Waals surface area contributed by atoms with Crippen LogP contribution in [-0.2, 0) is 0 Å². The van der Waals surface area contributed by atoms with Crippen molar-refractivity contribution in [3.63, 3.8) is 0 Å². The predicted molar refractivity (Wildman–Crippen MR) is 132 cm³/mol. The zero-order valence-corrected chi connectivity index (χ0v) is 20.0. The Kier molecular flexibility index (Phi) is 8.51. The molecule has 1 unspecified atom stereocenters. The summed E-state index contributed by atoms with van der Waals surface area (Å²) in [5.41, 5.74) is 1.20. The van der Waals surface area contributed by atoms with Crippen molar-refractivity contribution >= 4 is 23.9 Å². The van der Waals surface area contributed by atoms with E-state index in [0.717, 1.165) is 50.0 Å². The van der Waals surface area contributed by atoms with E-state index >= 15 is 0 Å². The van der Waals surface area contributed by atoms with Crippen LogP contribution >= 0.6 is 11.6 Å². The fraction of sp³-hybridized carbons (Fsp3) is 0.480. The van der Waals surface area contributed by atoms with Gasteiger partial charge in [-0.3, -0.25) is 4.99 Å². The van der Waals surface area contributed by atoms with Gasteiger partial charge >= 0.3 is 5.69 Å². The van der Waals surface area contributed by atoms with Gasteiger partial charge in [0.15, 0.2) is 5.82 Å². The van der Waals surface area contributed by atoms with Gasteiger partial charge < -0.3 is 4.74 Å². The molecule has 1 aromatic carbocycles. The summed E-state index contributed by atoms with van der Waals surface area (Å²) in [6, 6.07) is 7.68. The number of nitrogens with zero attached hydrogens (tertiary/aromatic N) is 4. The third-order valence-electron chi connectivity index (χ3n) is 5.84. The molecule has 172 valence electrons. The molecule has 1 saturated carbocycles. The van der Waals surface area contributed by atoms with Gasteiger partial charge in [0.2, 0.25) is 0 Å². The first-order valence-electron chi connectivity index (χ1n) is 11.5. The minimum atomic E-state index is -0.157. The quantitative estimate of drug-likeness (QED) is 0.329. The summed E-state index contributed by atoms with van der Waals surface area (Å²) in [7, 11) is 0. The number of allylic oxidation sites excluding steroid dienone is 3. The topological polar surface area (TPSA) is 61.4 Å². The van der Waals surface area contributed by atoms with Crippen molar-refractivity contribution in [1.29, 1.82) is 0 Å². The lowest BCUT2D eigenvalue weighted by molar-refractivity contribution is 0.210. The van der Waals surface area contributed by atoms with Gasteiger partial charge in [0.1, 0.15) is 5.75 Å². The summed E-state index contributed by atoms with van der Waals surface area (Å²) in [6.07, 6.45) is 10.9. The molecule has 32 heavy (non-hydrogen) atoms. The van der Waals surface area contributed by atoms with Gasteiger partial charge in [-0.25, -0.2) is 14.0 Å². The molecule has 1 fully saturated rings. The molecule has 1 aliphatic carbocycles. The van der Waals surface area contributed by atoms with Crippen molar-refractivity contribution in [2.75, 3.05) is 0 Å². The van der Waals surface area contributed by atoms with Crippen LogP contribution in [0, 0.1) is 0 Å². The molecule has 0 saturated heterocycles. The Labute approximate surface area is 195 Å². The van der Waals surface area contributed by atoms with Gasteiger partial charge in [0, 0.05) is 11.8 Å². The molecule has 0 spiro atoms. The predicted octanol–water partition coefficient (Wildman–Crippen LogP) is 6.29. The van der Waals surface area contributed by atoms with E-state index in [0.29, 0.717) is 16.4 Å². The van der Waals surface area contributed by atoms with E-state index in [1.54, 1.807) is 9.25 Å². The Morgan fingerprint density at radius 1 is 1.31 bits per heavy atom. The van der Waals surface area contributed by atoms with Crippen LogP contribution in [0.5, 0.6) is 5.75 Å². The molecular formula is C25H33ClN4O2. The fourth-order valence-corrected chi connectivity index (χ4v) is 4.51. The molecule has 6 nitrogen and oxygen atoms in total. The zero-order valence-electron chi connectivity index (χ0n) is 19.3. The largest absolute Gasteiger partial charge is 0.491 e. The van der Waals surface area contributed by atoms with Crippen LogP contribution in [0.3, 0.4) is 0 Å². The Morgan fingerprint density at radius 3 is 2.59 bits per heavy atom. The summed E-state index contributed by atoms with van der Waals surface area (Å²) in [5.74, 6) is 1.28. The first-order chi connectivity index (χ1) is 15.5. The van der Waals surface area contributed by atoms with E-state index in [1.807, 2.05) is 37.3 Å². The summed E-state index contributed by atoms with van der Waals surface area (Å²) in [4.78, 5) is 17.3. The molecule has 0 bridgehead atoms. The highest BCUT2D eigenvalue weighted by Gasteiger charge is 2.25. The molecule has 1 atom stereocenters. The molecule has 0 aliphatic heterocycles. The van der Waals surface area contributed by atoms with Crippen LogP contribution in [0.4, 0.5) is 0 Å². The van der Waals surface area contributed by atoms with Crippen molar-refractivity contribution in [3.05, 3.63) is 57.9 Å². The van der Waals surface area contributed by atoms with Crippen LogP contribution < -0.4 is 10.4 Å².